The van der Waals surface area contributed by atoms with E-state index in [0.29, 0.717) is 26.1 Å². The van der Waals surface area contributed by atoms with Crippen molar-refractivity contribution in [1.82, 2.24) is 10.2 Å². The molecule has 0 aromatic heterocycles. The predicted molar refractivity (Wildman–Crippen MR) is 82.1 cm³/mol. The van der Waals surface area contributed by atoms with Crippen LogP contribution >= 0.6 is 0 Å². The highest BCUT2D eigenvalue weighted by atomic mass is 19.4. The van der Waals surface area contributed by atoms with Crippen LogP contribution in [0, 0.1) is 0 Å². The highest BCUT2D eigenvalue weighted by Crippen LogP contribution is 2.15. The lowest BCUT2D eigenvalue weighted by molar-refractivity contribution is -0.143. The van der Waals surface area contributed by atoms with E-state index in [0.717, 1.165) is 11.3 Å². The van der Waals surface area contributed by atoms with Crippen molar-refractivity contribution < 1.29 is 17.9 Å². The van der Waals surface area contributed by atoms with Gasteiger partial charge in [-0.05, 0) is 58.1 Å². The molecule has 6 heteroatoms. The lowest BCUT2D eigenvalue weighted by Crippen LogP contribution is -2.32. The minimum absolute atomic E-state index is 0.151. The van der Waals surface area contributed by atoms with Gasteiger partial charge in [0.1, 0.15) is 5.75 Å². The van der Waals surface area contributed by atoms with Crippen LogP contribution < -0.4 is 10.1 Å². The lowest BCUT2D eigenvalue weighted by atomic mass is 10.2. The summed E-state index contributed by atoms with van der Waals surface area (Å²) in [5.74, 6) is 0.840. The standard InChI is InChI=1S/C16H25F3N2O/c1-13(2)22-15-7-5-14(6-8-15)11-20-9-4-10-21(3)12-16(17,18)19/h5-8,13,20H,4,9-12H2,1-3H3. The van der Waals surface area contributed by atoms with Crippen LogP contribution in [-0.4, -0.2) is 43.9 Å². The van der Waals surface area contributed by atoms with Crippen LogP contribution in [0.1, 0.15) is 25.8 Å². The molecule has 0 saturated heterocycles. The second kappa shape index (κ2) is 9.00. The van der Waals surface area contributed by atoms with Crippen LogP contribution in [0.5, 0.6) is 5.75 Å². The number of hydrogen-bond donors (Lipinski definition) is 1. The molecule has 0 heterocycles. The number of halogens is 3. The van der Waals surface area contributed by atoms with E-state index < -0.39 is 12.7 Å². The maximum atomic E-state index is 12.1. The van der Waals surface area contributed by atoms with Gasteiger partial charge >= 0.3 is 6.18 Å². The van der Waals surface area contributed by atoms with E-state index in [9.17, 15) is 13.2 Å². The summed E-state index contributed by atoms with van der Waals surface area (Å²) in [5, 5.41) is 3.23. The zero-order valence-electron chi connectivity index (χ0n) is 13.4. The van der Waals surface area contributed by atoms with Crippen molar-refractivity contribution in [3.05, 3.63) is 29.8 Å². The Morgan fingerprint density at radius 1 is 1.18 bits per heavy atom. The number of nitrogens with zero attached hydrogens (tertiary/aromatic N) is 1. The number of alkyl halides is 3. The van der Waals surface area contributed by atoms with E-state index in [4.69, 9.17) is 4.74 Å². The fourth-order valence-corrected chi connectivity index (χ4v) is 2.05. The summed E-state index contributed by atoms with van der Waals surface area (Å²) >= 11 is 0. The van der Waals surface area contributed by atoms with Gasteiger partial charge in [-0.25, -0.2) is 0 Å². The molecular weight excluding hydrogens is 293 g/mol. The maximum absolute atomic E-state index is 12.1. The third kappa shape index (κ3) is 8.89. The molecule has 0 amide bonds. The van der Waals surface area contributed by atoms with Crippen LogP contribution in [0.2, 0.25) is 0 Å². The number of nitrogens with one attached hydrogen (secondary N) is 1. The van der Waals surface area contributed by atoms with Crippen molar-refractivity contribution in [2.45, 2.75) is 39.1 Å². The summed E-state index contributed by atoms with van der Waals surface area (Å²) < 4.78 is 42.0. The lowest BCUT2D eigenvalue weighted by Gasteiger charge is -2.18. The zero-order valence-corrected chi connectivity index (χ0v) is 13.4. The summed E-state index contributed by atoms with van der Waals surface area (Å²) in [4.78, 5) is 1.29. The SMILES string of the molecule is CC(C)Oc1ccc(CNCCCN(C)CC(F)(F)F)cc1. The van der Waals surface area contributed by atoms with E-state index >= 15 is 0 Å². The van der Waals surface area contributed by atoms with Gasteiger partial charge in [-0.15, -0.1) is 0 Å². The Balaban J connectivity index is 2.17. The molecule has 0 bridgehead atoms. The second-order valence-electron chi connectivity index (χ2n) is 5.69. The van der Waals surface area contributed by atoms with E-state index in [2.05, 4.69) is 5.32 Å². The van der Waals surface area contributed by atoms with Crippen molar-refractivity contribution in [3.8, 4) is 5.75 Å². The van der Waals surface area contributed by atoms with Crippen LogP contribution in [0.15, 0.2) is 24.3 Å². The Morgan fingerprint density at radius 3 is 2.36 bits per heavy atom. The number of ether oxygens (including phenoxy) is 1. The summed E-state index contributed by atoms with van der Waals surface area (Å²) in [5.41, 5.74) is 1.12. The molecule has 3 nitrogen and oxygen atoms in total. The Morgan fingerprint density at radius 2 is 1.82 bits per heavy atom. The molecular formula is C16H25F3N2O. The van der Waals surface area contributed by atoms with Crippen molar-refractivity contribution in [3.63, 3.8) is 0 Å². The Kier molecular flexibility index (Phi) is 7.68. The van der Waals surface area contributed by atoms with Gasteiger partial charge in [0, 0.05) is 6.54 Å². The van der Waals surface area contributed by atoms with Crippen LogP contribution in [-0.2, 0) is 6.54 Å². The van der Waals surface area contributed by atoms with Gasteiger partial charge < -0.3 is 10.1 Å². The molecule has 1 N–H and O–H groups in total. The van der Waals surface area contributed by atoms with Crippen LogP contribution in [0.3, 0.4) is 0 Å². The first kappa shape index (κ1) is 18.8. The normalized spacial score (nSPS) is 12.2. The van der Waals surface area contributed by atoms with Crippen molar-refractivity contribution >= 4 is 0 Å². The predicted octanol–water partition coefficient (Wildman–Crippen LogP) is 3.45. The topological polar surface area (TPSA) is 24.5 Å². The monoisotopic (exact) mass is 318 g/mol. The first-order valence-corrected chi connectivity index (χ1v) is 7.48. The molecule has 0 unspecified atom stereocenters. The van der Waals surface area contributed by atoms with E-state index in [1.165, 1.54) is 11.9 Å². The quantitative estimate of drug-likeness (QED) is 0.706. The highest BCUT2D eigenvalue weighted by Gasteiger charge is 2.28. The molecule has 0 spiro atoms. The van der Waals surface area contributed by atoms with E-state index in [1.54, 1.807) is 0 Å². The maximum Gasteiger partial charge on any atom is 0.401 e. The molecule has 1 aromatic rings. The Bertz CT molecular complexity index is 418. The molecule has 0 aliphatic carbocycles. The van der Waals surface area contributed by atoms with Crippen molar-refractivity contribution in [1.29, 1.82) is 0 Å². The van der Waals surface area contributed by atoms with Crippen LogP contribution in [0.4, 0.5) is 13.2 Å². The zero-order chi connectivity index (χ0) is 16.6. The fourth-order valence-electron chi connectivity index (χ4n) is 2.05. The molecule has 0 radical (unpaired) electrons. The highest BCUT2D eigenvalue weighted by molar-refractivity contribution is 5.27. The molecule has 1 aromatic carbocycles. The third-order valence-corrected chi connectivity index (χ3v) is 2.97. The minimum atomic E-state index is -4.12. The van der Waals surface area contributed by atoms with E-state index in [1.807, 2.05) is 38.1 Å². The summed E-state index contributed by atoms with van der Waals surface area (Å²) in [6, 6.07) is 7.82. The van der Waals surface area contributed by atoms with Gasteiger partial charge in [0.05, 0.1) is 12.6 Å². The Hall–Kier alpha value is -1.27. The van der Waals surface area contributed by atoms with E-state index in [-0.39, 0.29) is 6.10 Å². The first-order chi connectivity index (χ1) is 10.3. The number of benzene rings is 1. The molecule has 0 fully saturated rings. The number of hydrogen-bond acceptors (Lipinski definition) is 3. The summed E-state index contributed by atoms with van der Waals surface area (Å²) in [6.45, 7) is 4.91. The molecule has 126 valence electrons. The molecule has 22 heavy (non-hydrogen) atoms. The Labute approximate surface area is 130 Å². The largest absolute Gasteiger partial charge is 0.491 e. The van der Waals surface area contributed by atoms with Gasteiger partial charge in [0.25, 0.3) is 0 Å². The average Bonchev–Trinajstić information content (AvgIpc) is 2.37. The minimum Gasteiger partial charge on any atom is -0.491 e. The third-order valence-electron chi connectivity index (χ3n) is 2.97. The van der Waals surface area contributed by atoms with Gasteiger partial charge in [-0.2, -0.15) is 13.2 Å². The van der Waals surface area contributed by atoms with Gasteiger partial charge in [-0.1, -0.05) is 12.1 Å². The average molecular weight is 318 g/mol. The molecule has 0 aliphatic heterocycles. The van der Waals surface area contributed by atoms with Crippen molar-refractivity contribution in [2.24, 2.45) is 0 Å². The first-order valence-electron chi connectivity index (χ1n) is 7.48. The van der Waals surface area contributed by atoms with Crippen LogP contribution in [0.25, 0.3) is 0 Å². The van der Waals surface area contributed by atoms with Crippen molar-refractivity contribution in [2.75, 3.05) is 26.7 Å². The smallest absolute Gasteiger partial charge is 0.401 e. The molecule has 0 atom stereocenters. The summed E-state index contributed by atoms with van der Waals surface area (Å²) in [7, 11) is 1.49. The number of rotatable bonds is 9. The fraction of sp³-hybridized carbons (Fsp3) is 0.625. The second-order valence-corrected chi connectivity index (χ2v) is 5.69. The molecule has 0 saturated carbocycles. The molecule has 0 aliphatic rings. The van der Waals surface area contributed by atoms with Gasteiger partial charge in [0.15, 0.2) is 0 Å². The summed E-state index contributed by atoms with van der Waals surface area (Å²) in [6.07, 6.45) is -3.29. The van der Waals surface area contributed by atoms with Gasteiger partial charge in [0.2, 0.25) is 0 Å². The molecule has 1 rings (SSSR count). The van der Waals surface area contributed by atoms with Gasteiger partial charge in [-0.3, -0.25) is 4.90 Å².